The highest BCUT2D eigenvalue weighted by Gasteiger charge is 2.09. The molecule has 0 spiro atoms. The Hall–Kier alpha value is -3.07. The molecule has 0 bridgehead atoms. The van der Waals surface area contributed by atoms with E-state index < -0.39 is 0 Å². The van der Waals surface area contributed by atoms with Gasteiger partial charge in [-0.1, -0.05) is 66.7 Å². The summed E-state index contributed by atoms with van der Waals surface area (Å²) in [5, 5.41) is 6.27. The minimum absolute atomic E-state index is 0.0639. The van der Waals surface area contributed by atoms with E-state index in [0.717, 1.165) is 33.6 Å². The molecule has 3 rings (SSSR count). The first-order chi connectivity index (χ1) is 12.1. The second-order valence-electron chi connectivity index (χ2n) is 6.08. The van der Waals surface area contributed by atoms with Crippen LogP contribution >= 0.6 is 0 Å². The van der Waals surface area contributed by atoms with Crippen molar-refractivity contribution in [3.8, 4) is 11.1 Å². The Morgan fingerprint density at radius 2 is 1.44 bits per heavy atom. The fourth-order valence-electron chi connectivity index (χ4n) is 2.92. The lowest BCUT2D eigenvalue weighted by Gasteiger charge is -2.14. The van der Waals surface area contributed by atoms with Crippen LogP contribution in [0.1, 0.15) is 11.1 Å². The smallest absolute Gasteiger partial charge is 0.243 e. The summed E-state index contributed by atoms with van der Waals surface area (Å²) in [6.45, 7) is 4.31. The number of hydrogen-bond donors (Lipinski definition) is 2. The quantitative estimate of drug-likeness (QED) is 0.689. The molecular weight excluding hydrogens is 308 g/mol. The minimum Gasteiger partial charge on any atom is -0.376 e. The van der Waals surface area contributed by atoms with Gasteiger partial charge in [0.1, 0.15) is 0 Å². The molecule has 0 aliphatic carbocycles. The Bertz CT molecular complexity index is 852. The molecule has 25 heavy (non-hydrogen) atoms. The van der Waals surface area contributed by atoms with Gasteiger partial charge in [-0.2, -0.15) is 0 Å². The van der Waals surface area contributed by atoms with Gasteiger partial charge in [0.15, 0.2) is 0 Å². The monoisotopic (exact) mass is 330 g/mol. The van der Waals surface area contributed by atoms with Crippen LogP contribution in [0.25, 0.3) is 11.1 Å². The van der Waals surface area contributed by atoms with Crippen molar-refractivity contribution < 1.29 is 4.79 Å². The molecule has 3 aromatic rings. The summed E-state index contributed by atoms with van der Waals surface area (Å²) in [5.74, 6) is -0.0639. The van der Waals surface area contributed by atoms with Crippen LogP contribution < -0.4 is 10.6 Å². The number of hydrogen-bond acceptors (Lipinski definition) is 2. The molecule has 0 radical (unpaired) electrons. The largest absolute Gasteiger partial charge is 0.376 e. The average molecular weight is 330 g/mol. The molecule has 0 saturated heterocycles. The van der Waals surface area contributed by atoms with Crippen molar-refractivity contribution >= 4 is 17.3 Å². The summed E-state index contributed by atoms with van der Waals surface area (Å²) in [6.07, 6.45) is 0. The third-order valence-electron chi connectivity index (χ3n) is 4.19. The fourth-order valence-corrected chi connectivity index (χ4v) is 2.92. The number of nitrogens with one attached hydrogen (secondary N) is 2. The molecule has 3 heteroatoms. The Balaban J connectivity index is 1.72. The van der Waals surface area contributed by atoms with Crippen LogP contribution in [-0.2, 0) is 4.79 Å². The van der Waals surface area contributed by atoms with Crippen LogP contribution in [0.2, 0.25) is 0 Å². The van der Waals surface area contributed by atoms with E-state index in [9.17, 15) is 4.79 Å². The molecule has 3 nitrogen and oxygen atoms in total. The normalized spacial score (nSPS) is 10.3. The molecule has 0 unspecified atom stereocenters. The van der Waals surface area contributed by atoms with E-state index in [-0.39, 0.29) is 12.5 Å². The van der Waals surface area contributed by atoms with Gasteiger partial charge in [0.25, 0.3) is 0 Å². The maximum atomic E-state index is 12.4. The second-order valence-corrected chi connectivity index (χ2v) is 6.08. The summed E-state index contributed by atoms with van der Waals surface area (Å²) in [5.41, 5.74) is 6.22. The molecular formula is C22H22N2O. The first-order valence-corrected chi connectivity index (χ1v) is 8.39. The molecule has 0 atom stereocenters. The predicted octanol–water partition coefficient (Wildman–Crippen LogP) is 5.02. The number of benzene rings is 3. The number of carbonyl (C=O) groups excluding carboxylic acids is 1. The molecule has 126 valence electrons. The molecule has 0 aromatic heterocycles. The maximum Gasteiger partial charge on any atom is 0.243 e. The minimum atomic E-state index is -0.0639. The lowest BCUT2D eigenvalue weighted by Crippen LogP contribution is -2.22. The SMILES string of the molecule is Cc1cccc(C)c1NCC(=O)Nc1ccccc1-c1ccccc1. The molecule has 2 N–H and O–H groups in total. The Labute approximate surface area is 148 Å². The van der Waals surface area contributed by atoms with E-state index >= 15 is 0 Å². The number of anilines is 2. The summed E-state index contributed by atoms with van der Waals surface area (Å²) in [7, 11) is 0. The van der Waals surface area contributed by atoms with Crippen LogP contribution in [0.3, 0.4) is 0 Å². The van der Waals surface area contributed by atoms with Crippen molar-refractivity contribution in [1.29, 1.82) is 0 Å². The molecule has 0 aliphatic heterocycles. The van der Waals surface area contributed by atoms with Crippen molar-refractivity contribution in [2.45, 2.75) is 13.8 Å². The maximum absolute atomic E-state index is 12.4. The van der Waals surface area contributed by atoms with E-state index in [1.54, 1.807) is 0 Å². The fraction of sp³-hybridized carbons (Fsp3) is 0.136. The number of carbonyl (C=O) groups is 1. The lowest BCUT2D eigenvalue weighted by atomic mass is 10.0. The zero-order valence-electron chi connectivity index (χ0n) is 14.5. The zero-order chi connectivity index (χ0) is 17.6. The van der Waals surface area contributed by atoms with Gasteiger partial charge in [-0.25, -0.2) is 0 Å². The van der Waals surface area contributed by atoms with Gasteiger partial charge in [0.2, 0.25) is 5.91 Å². The van der Waals surface area contributed by atoms with E-state index in [1.165, 1.54) is 0 Å². The summed E-state index contributed by atoms with van der Waals surface area (Å²) in [6, 6.07) is 24.0. The standard InChI is InChI=1S/C22H22N2O/c1-16-9-8-10-17(2)22(16)23-15-21(25)24-20-14-7-6-13-19(20)18-11-4-3-5-12-18/h3-14,23H,15H2,1-2H3,(H,24,25). The lowest BCUT2D eigenvalue weighted by molar-refractivity contribution is -0.114. The first-order valence-electron chi connectivity index (χ1n) is 8.39. The number of rotatable bonds is 5. The molecule has 0 heterocycles. The van der Waals surface area contributed by atoms with Gasteiger partial charge in [-0.05, 0) is 36.6 Å². The molecule has 0 saturated carbocycles. The van der Waals surface area contributed by atoms with Crippen LogP contribution in [0.15, 0.2) is 72.8 Å². The van der Waals surface area contributed by atoms with Gasteiger partial charge < -0.3 is 10.6 Å². The van der Waals surface area contributed by atoms with Crippen LogP contribution in [0, 0.1) is 13.8 Å². The predicted molar refractivity (Wildman–Crippen MR) is 105 cm³/mol. The Kier molecular flexibility index (Phi) is 5.14. The van der Waals surface area contributed by atoms with Crippen LogP contribution in [-0.4, -0.2) is 12.5 Å². The van der Waals surface area contributed by atoms with Gasteiger partial charge >= 0.3 is 0 Å². The third-order valence-corrected chi connectivity index (χ3v) is 4.19. The van der Waals surface area contributed by atoms with E-state index in [2.05, 4.69) is 10.6 Å². The molecule has 0 fully saturated rings. The van der Waals surface area contributed by atoms with Crippen LogP contribution in [0.5, 0.6) is 0 Å². The number of aryl methyl sites for hydroxylation is 2. The van der Waals surface area contributed by atoms with Crippen molar-refractivity contribution in [2.24, 2.45) is 0 Å². The summed E-state index contributed by atoms with van der Waals surface area (Å²) < 4.78 is 0. The van der Waals surface area contributed by atoms with E-state index in [0.29, 0.717) is 0 Å². The van der Waals surface area contributed by atoms with Gasteiger partial charge in [-0.3, -0.25) is 4.79 Å². The van der Waals surface area contributed by atoms with Gasteiger partial charge in [0, 0.05) is 16.9 Å². The third kappa shape index (κ3) is 4.07. The summed E-state index contributed by atoms with van der Waals surface area (Å²) >= 11 is 0. The Morgan fingerprint density at radius 1 is 0.800 bits per heavy atom. The highest BCUT2D eigenvalue weighted by Crippen LogP contribution is 2.27. The molecule has 1 amide bonds. The highest BCUT2D eigenvalue weighted by molar-refractivity contribution is 5.97. The zero-order valence-corrected chi connectivity index (χ0v) is 14.5. The molecule has 3 aromatic carbocycles. The molecule has 0 aliphatic rings. The van der Waals surface area contributed by atoms with Gasteiger partial charge in [-0.15, -0.1) is 0 Å². The number of para-hydroxylation sites is 2. The van der Waals surface area contributed by atoms with Crippen molar-refractivity contribution in [3.63, 3.8) is 0 Å². The van der Waals surface area contributed by atoms with Crippen molar-refractivity contribution in [1.82, 2.24) is 0 Å². The van der Waals surface area contributed by atoms with Crippen molar-refractivity contribution in [2.75, 3.05) is 17.2 Å². The van der Waals surface area contributed by atoms with Gasteiger partial charge in [0.05, 0.1) is 6.54 Å². The first kappa shape index (κ1) is 16.8. The van der Waals surface area contributed by atoms with E-state index in [1.807, 2.05) is 86.6 Å². The number of amides is 1. The van der Waals surface area contributed by atoms with Crippen molar-refractivity contribution in [3.05, 3.63) is 83.9 Å². The topological polar surface area (TPSA) is 41.1 Å². The summed E-state index contributed by atoms with van der Waals surface area (Å²) in [4.78, 5) is 12.4. The Morgan fingerprint density at radius 3 is 2.16 bits per heavy atom. The second kappa shape index (κ2) is 7.67. The van der Waals surface area contributed by atoms with Crippen LogP contribution in [0.4, 0.5) is 11.4 Å². The highest BCUT2D eigenvalue weighted by atomic mass is 16.1. The average Bonchev–Trinajstić information content (AvgIpc) is 2.62. The van der Waals surface area contributed by atoms with E-state index in [4.69, 9.17) is 0 Å².